The summed E-state index contributed by atoms with van der Waals surface area (Å²) in [6.45, 7) is 1.79. The lowest BCUT2D eigenvalue weighted by Gasteiger charge is -2.15. The van der Waals surface area contributed by atoms with Crippen LogP contribution < -0.4 is 15.5 Å². The first kappa shape index (κ1) is 13.8. The van der Waals surface area contributed by atoms with E-state index < -0.39 is 0 Å². The van der Waals surface area contributed by atoms with Crippen LogP contribution in [0, 0.1) is 0 Å². The molecule has 1 rings (SSSR count). The Morgan fingerprint density at radius 1 is 1.41 bits per heavy atom. The van der Waals surface area contributed by atoms with Crippen molar-refractivity contribution in [2.45, 2.75) is 13.5 Å². The number of methoxy groups -OCH3 is 1. The van der Waals surface area contributed by atoms with Crippen molar-refractivity contribution in [3.8, 4) is 5.75 Å². The van der Waals surface area contributed by atoms with E-state index in [-0.39, 0.29) is 5.91 Å². The van der Waals surface area contributed by atoms with Gasteiger partial charge in [-0.15, -0.1) is 0 Å². The van der Waals surface area contributed by atoms with Crippen LogP contribution in [0.3, 0.4) is 0 Å². The Kier molecular flexibility index (Phi) is 5.21. The molecule has 0 saturated heterocycles. The number of carbonyl (C=O) groups is 1. The highest BCUT2D eigenvalue weighted by Gasteiger charge is 2.14. The second-order valence-corrected chi connectivity index (χ2v) is 3.72. The number of benzene rings is 1. The highest BCUT2D eigenvalue weighted by Crippen LogP contribution is 2.33. The molecule has 0 bridgehead atoms. The number of rotatable bonds is 5. The van der Waals surface area contributed by atoms with Gasteiger partial charge in [0.2, 0.25) is 5.91 Å². The molecule has 0 atom stereocenters. The number of nitrogens with one attached hydrogen (secondary N) is 2. The maximum atomic E-state index is 11.2. The fourth-order valence-corrected chi connectivity index (χ4v) is 1.63. The van der Waals surface area contributed by atoms with Gasteiger partial charge in [0.25, 0.3) is 0 Å². The van der Waals surface area contributed by atoms with E-state index >= 15 is 0 Å². The van der Waals surface area contributed by atoms with E-state index in [4.69, 9.17) is 21.2 Å². The summed E-state index contributed by atoms with van der Waals surface area (Å²) in [6, 6.07) is 3.41. The van der Waals surface area contributed by atoms with Gasteiger partial charge in [-0.2, -0.15) is 5.48 Å². The molecule has 0 heterocycles. The second kappa shape index (κ2) is 6.44. The maximum Gasteiger partial charge on any atom is 0.221 e. The summed E-state index contributed by atoms with van der Waals surface area (Å²) in [4.78, 5) is 15.9. The van der Waals surface area contributed by atoms with Crippen LogP contribution in [0.15, 0.2) is 12.1 Å². The SMILES string of the molecule is CONCc1c(Cl)ccc(OC)c1NC(C)=O. The molecule has 5 nitrogen and oxygen atoms in total. The van der Waals surface area contributed by atoms with E-state index in [0.717, 1.165) is 0 Å². The van der Waals surface area contributed by atoms with Crippen molar-refractivity contribution in [1.29, 1.82) is 0 Å². The fourth-order valence-electron chi connectivity index (χ4n) is 1.40. The van der Waals surface area contributed by atoms with Crippen LogP contribution >= 0.6 is 11.6 Å². The van der Waals surface area contributed by atoms with Gasteiger partial charge in [-0.3, -0.25) is 4.79 Å². The van der Waals surface area contributed by atoms with Gasteiger partial charge in [-0.1, -0.05) is 11.6 Å². The second-order valence-electron chi connectivity index (χ2n) is 3.31. The van der Waals surface area contributed by atoms with Crippen molar-refractivity contribution in [2.24, 2.45) is 0 Å². The molecule has 0 aliphatic carbocycles. The molecule has 1 amide bonds. The molecule has 0 aliphatic heterocycles. The first-order chi connectivity index (χ1) is 8.10. The normalized spacial score (nSPS) is 10.1. The third-order valence-electron chi connectivity index (χ3n) is 2.13. The van der Waals surface area contributed by atoms with E-state index in [9.17, 15) is 4.79 Å². The largest absolute Gasteiger partial charge is 0.495 e. The molecule has 0 saturated carbocycles. The summed E-state index contributed by atoms with van der Waals surface area (Å²) < 4.78 is 5.18. The summed E-state index contributed by atoms with van der Waals surface area (Å²) in [7, 11) is 3.04. The smallest absolute Gasteiger partial charge is 0.221 e. The summed E-state index contributed by atoms with van der Waals surface area (Å²) >= 11 is 6.08. The van der Waals surface area contributed by atoms with Gasteiger partial charge in [-0.25, -0.2) is 0 Å². The number of hydrogen-bond donors (Lipinski definition) is 2. The molecule has 0 spiro atoms. The maximum absolute atomic E-state index is 11.2. The average Bonchev–Trinajstić information content (AvgIpc) is 2.28. The summed E-state index contributed by atoms with van der Waals surface area (Å²) in [5.74, 6) is 0.363. The van der Waals surface area contributed by atoms with Crippen molar-refractivity contribution in [3.05, 3.63) is 22.7 Å². The van der Waals surface area contributed by atoms with E-state index in [0.29, 0.717) is 28.6 Å². The van der Waals surface area contributed by atoms with Crippen molar-refractivity contribution in [3.63, 3.8) is 0 Å². The number of carbonyl (C=O) groups excluding carboxylic acids is 1. The first-order valence-corrected chi connectivity index (χ1v) is 5.36. The average molecular weight is 259 g/mol. The van der Waals surface area contributed by atoms with Crippen LogP contribution in [0.25, 0.3) is 0 Å². The Morgan fingerprint density at radius 2 is 2.12 bits per heavy atom. The van der Waals surface area contributed by atoms with Gasteiger partial charge in [0.05, 0.1) is 19.9 Å². The predicted molar refractivity (Wildman–Crippen MR) is 66.2 cm³/mol. The van der Waals surface area contributed by atoms with E-state index in [2.05, 4.69) is 10.8 Å². The number of amides is 1. The molecule has 0 unspecified atom stereocenters. The summed E-state index contributed by atoms with van der Waals surface area (Å²) in [5, 5.41) is 3.23. The number of anilines is 1. The number of halogens is 1. The lowest BCUT2D eigenvalue weighted by molar-refractivity contribution is -0.114. The van der Waals surface area contributed by atoms with Crippen LogP contribution in [0.4, 0.5) is 5.69 Å². The van der Waals surface area contributed by atoms with Crippen LogP contribution in [0.2, 0.25) is 5.02 Å². The Labute approximate surface area is 105 Å². The molecule has 0 radical (unpaired) electrons. The fraction of sp³-hybridized carbons (Fsp3) is 0.364. The zero-order valence-corrected chi connectivity index (χ0v) is 10.7. The standard InChI is InChI=1S/C11H15ClN2O3/c1-7(15)14-11-8(6-13-17-3)9(12)4-5-10(11)16-2/h4-5,13H,6H2,1-3H3,(H,14,15). The highest BCUT2D eigenvalue weighted by molar-refractivity contribution is 6.32. The van der Waals surface area contributed by atoms with Gasteiger partial charge in [0.15, 0.2) is 0 Å². The number of hydrogen-bond acceptors (Lipinski definition) is 4. The van der Waals surface area contributed by atoms with Crippen molar-refractivity contribution in [1.82, 2.24) is 5.48 Å². The minimum absolute atomic E-state index is 0.191. The molecular formula is C11H15ClN2O3. The van der Waals surface area contributed by atoms with Crippen molar-refractivity contribution in [2.75, 3.05) is 19.5 Å². The van der Waals surface area contributed by atoms with Crippen LogP contribution in [0.5, 0.6) is 5.75 Å². The van der Waals surface area contributed by atoms with Gasteiger partial charge < -0.3 is 14.9 Å². The minimum atomic E-state index is -0.191. The Bertz CT molecular complexity index is 410. The van der Waals surface area contributed by atoms with Gasteiger partial charge >= 0.3 is 0 Å². The third-order valence-corrected chi connectivity index (χ3v) is 2.49. The topological polar surface area (TPSA) is 59.6 Å². The monoisotopic (exact) mass is 258 g/mol. The zero-order valence-electron chi connectivity index (χ0n) is 9.96. The Morgan fingerprint density at radius 3 is 2.65 bits per heavy atom. The third kappa shape index (κ3) is 3.59. The Hall–Kier alpha value is -1.30. The predicted octanol–water partition coefficient (Wildman–Crippen LogP) is 1.96. The molecule has 2 N–H and O–H groups in total. The van der Waals surface area contributed by atoms with Crippen LogP contribution in [-0.2, 0) is 16.2 Å². The minimum Gasteiger partial charge on any atom is -0.495 e. The molecule has 1 aromatic rings. The zero-order chi connectivity index (χ0) is 12.8. The summed E-state index contributed by atoms with van der Waals surface area (Å²) in [5.41, 5.74) is 3.94. The number of hydroxylamine groups is 1. The highest BCUT2D eigenvalue weighted by atomic mass is 35.5. The lowest BCUT2D eigenvalue weighted by atomic mass is 10.1. The molecule has 0 fully saturated rings. The Balaban J connectivity index is 3.16. The molecule has 94 valence electrons. The first-order valence-electron chi connectivity index (χ1n) is 4.99. The van der Waals surface area contributed by atoms with Gasteiger partial charge in [-0.05, 0) is 12.1 Å². The molecule has 0 aromatic heterocycles. The molecule has 17 heavy (non-hydrogen) atoms. The van der Waals surface area contributed by atoms with Crippen molar-refractivity contribution < 1.29 is 14.4 Å². The van der Waals surface area contributed by atoms with Crippen LogP contribution in [0.1, 0.15) is 12.5 Å². The van der Waals surface area contributed by atoms with Crippen LogP contribution in [-0.4, -0.2) is 20.1 Å². The van der Waals surface area contributed by atoms with E-state index in [1.807, 2.05) is 0 Å². The quantitative estimate of drug-likeness (QED) is 0.793. The van der Waals surface area contributed by atoms with Gasteiger partial charge in [0.1, 0.15) is 5.75 Å². The lowest BCUT2D eigenvalue weighted by Crippen LogP contribution is -2.16. The molecular weight excluding hydrogens is 244 g/mol. The van der Waals surface area contributed by atoms with Crippen molar-refractivity contribution >= 4 is 23.2 Å². The number of ether oxygens (including phenoxy) is 1. The molecule has 0 aliphatic rings. The molecule has 1 aromatic carbocycles. The van der Waals surface area contributed by atoms with Gasteiger partial charge in [0, 0.05) is 24.1 Å². The van der Waals surface area contributed by atoms with E-state index in [1.54, 1.807) is 12.1 Å². The van der Waals surface area contributed by atoms with E-state index in [1.165, 1.54) is 21.1 Å². The summed E-state index contributed by atoms with van der Waals surface area (Å²) in [6.07, 6.45) is 0. The molecule has 6 heteroatoms.